The molecule has 0 spiro atoms. The van der Waals surface area contributed by atoms with Gasteiger partial charge in [0, 0.05) is 45.3 Å². The van der Waals surface area contributed by atoms with E-state index in [0.717, 1.165) is 30.7 Å². The lowest BCUT2D eigenvalue weighted by atomic mass is 10.3. The van der Waals surface area contributed by atoms with E-state index < -0.39 is 10.5 Å². The number of nitrogens with one attached hydrogen (secondary N) is 1. The molecule has 3 rings (SSSR count). The predicted octanol–water partition coefficient (Wildman–Crippen LogP) is -1.38. The first-order valence-corrected chi connectivity index (χ1v) is 7.59. The summed E-state index contributed by atoms with van der Waals surface area (Å²) in [5.41, 5.74) is 5.14. The normalized spacial score (nSPS) is 16.7. The molecule has 2 aromatic rings. The molecule has 0 atom stereocenters. The Bertz CT molecular complexity index is 806. The minimum absolute atomic E-state index is 0.0704. The molecule has 0 bridgehead atoms. The van der Waals surface area contributed by atoms with Crippen LogP contribution in [0.3, 0.4) is 0 Å². The summed E-state index contributed by atoms with van der Waals surface area (Å²) >= 11 is 0. The van der Waals surface area contributed by atoms with Crippen molar-refractivity contribution in [3.8, 4) is 0 Å². The summed E-state index contributed by atoms with van der Waals surface area (Å²) in [5, 5.41) is 22.5. The lowest BCUT2D eigenvalue weighted by Crippen LogP contribution is -2.46. The fraction of sp³-hybridized carbons (Fsp3) is 0.538. The molecule has 11 nitrogen and oxygen atoms in total. The Morgan fingerprint density at radius 2 is 2.00 bits per heavy atom. The van der Waals surface area contributed by atoms with Crippen LogP contribution in [-0.4, -0.2) is 73.8 Å². The van der Waals surface area contributed by atoms with Gasteiger partial charge in [-0.1, -0.05) is 0 Å². The van der Waals surface area contributed by atoms with Crippen molar-refractivity contribution in [3.63, 3.8) is 0 Å². The molecular weight excluding hydrogens is 318 g/mol. The van der Waals surface area contributed by atoms with Gasteiger partial charge in [0.1, 0.15) is 0 Å². The Balaban J connectivity index is 1.82. The van der Waals surface area contributed by atoms with Crippen molar-refractivity contribution in [2.45, 2.75) is 6.54 Å². The van der Waals surface area contributed by atoms with Crippen LogP contribution in [0.5, 0.6) is 0 Å². The molecule has 2 aromatic heterocycles. The first kappa shape index (κ1) is 16.4. The molecule has 1 fully saturated rings. The van der Waals surface area contributed by atoms with Gasteiger partial charge in [-0.05, 0) is 0 Å². The van der Waals surface area contributed by atoms with E-state index in [1.54, 1.807) is 0 Å². The van der Waals surface area contributed by atoms with Gasteiger partial charge in [-0.25, -0.2) is 4.98 Å². The standard InChI is InChI=1S/C13H19N7O4/c14-12-11(20(23)24)13-15-9(7-10(22)19(13)16-12)8-18-3-1-17(2-4-18)5-6-21/h7,16,21H,1-6,8,14H2. The van der Waals surface area contributed by atoms with Gasteiger partial charge >= 0.3 is 5.69 Å². The zero-order chi connectivity index (χ0) is 17.3. The minimum atomic E-state index is -0.648. The van der Waals surface area contributed by atoms with Crippen molar-refractivity contribution < 1.29 is 10.0 Å². The van der Waals surface area contributed by atoms with Gasteiger partial charge in [0.25, 0.3) is 5.56 Å². The number of nitrogen functional groups attached to an aromatic ring is 1. The average Bonchev–Trinajstić information content (AvgIpc) is 2.86. The average molecular weight is 337 g/mol. The molecule has 130 valence electrons. The molecule has 0 amide bonds. The Morgan fingerprint density at radius 1 is 1.33 bits per heavy atom. The summed E-state index contributed by atoms with van der Waals surface area (Å²) in [6.45, 7) is 4.40. The Labute approximate surface area is 136 Å². The number of anilines is 1. The fourth-order valence-corrected chi connectivity index (χ4v) is 2.89. The summed E-state index contributed by atoms with van der Waals surface area (Å²) < 4.78 is 0.982. The highest BCUT2D eigenvalue weighted by atomic mass is 16.6. The van der Waals surface area contributed by atoms with Crippen molar-refractivity contribution in [1.29, 1.82) is 0 Å². The second kappa shape index (κ2) is 6.55. The van der Waals surface area contributed by atoms with Crippen LogP contribution >= 0.6 is 0 Å². The fourth-order valence-electron chi connectivity index (χ4n) is 2.89. The Kier molecular flexibility index (Phi) is 4.46. The molecule has 24 heavy (non-hydrogen) atoms. The number of aromatic amines is 1. The maximum atomic E-state index is 12.1. The third-order valence-electron chi connectivity index (χ3n) is 4.12. The summed E-state index contributed by atoms with van der Waals surface area (Å²) in [6, 6.07) is 1.35. The molecule has 0 aliphatic carbocycles. The van der Waals surface area contributed by atoms with Gasteiger partial charge in [0.15, 0.2) is 5.82 Å². The van der Waals surface area contributed by atoms with Crippen LogP contribution < -0.4 is 11.3 Å². The number of aromatic nitrogens is 3. The van der Waals surface area contributed by atoms with E-state index in [9.17, 15) is 14.9 Å². The van der Waals surface area contributed by atoms with E-state index in [4.69, 9.17) is 10.8 Å². The Morgan fingerprint density at radius 3 is 2.62 bits per heavy atom. The van der Waals surface area contributed by atoms with E-state index >= 15 is 0 Å². The topological polar surface area (TPSA) is 146 Å². The SMILES string of the molecule is Nc1[nH]n2c(=O)cc(CN3CCN(CCO)CC3)nc2c1[N+](=O)[O-]. The number of β-amino-alcohol motifs (C(OH)–C–C–N with tert-alkyl or cyclic N) is 1. The Hall–Kier alpha value is -2.50. The second-order valence-corrected chi connectivity index (χ2v) is 5.72. The van der Waals surface area contributed by atoms with E-state index in [-0.39, 0.29) is 23.8 Å². The largest absolute Gasteiger partial charge is 0.395 e. The quantitative estimate of drug-likeness (QED) is 0.447. The smallest absolute Gasteiger partial charge is 0.354 e. The zero-order valence-corrected chi connectivity index (χ0v) is 13.0. The number of nitrogens with two attached hydrogens (primary N) is 1. The van der Waals surface area contributed by atoms with Gasteiger partial charge < -0.3 is 10.8 Å². The molecule has 0 saturated carbocycles. The molecule has 11 heteroatoms. The molecule has 1 aliphatic rings. The highest BCUT2D eigenvalue weighted by Gasteiger charge is 2.24. The zero-order valence-electron chi connectivity index (χ0n) is 13.0. The van der Waals surface area contributed by atoms with E-state index in [2.05, 4.69) is 19.9 Å². The number of hydrogen-bond acceptors (Lipinski definition) is 8. The summed E-state index contributed by atoms with van der Waals surface area (Å²) in [7, 11) is 0. The first-order chi connectivity index (χ1) is 11.5. The van der Waals surface area contributed by atoms with Crippen LogP contribution in [0.25, 0.3) is 5.65 Å². The van der Waals surface area contributed by atoms with Crippen molar-refractivity contribution in [3.05, 3.63) is 32.2 Å². The van der Waals surface area contributed by atoms with Crippen LogP contribution in [0.4, 0.5) is 11.5 Å². The van der Waals surface area contributed by atoms with Gasteiger partial charge in [-0.3, -0.25) is 29.8 Å². The lowest BCUT2D eigenvalue weighted by molar-refractivity contribution is -0.382. The number of H-pyrrole nitrogens is 1. The van der Waals surface area contributed by atoms with E-state index in [0.29, 0.717) is 18.8 Å². The summed E-state index contributed by atoms with van der Waals surface area (Å²) in [5.74, 6) is -0.195. The van der Waals surface area contributed by atoms with E-state index in [1.807, 2.05) is 0 Å². The third kappa shape index (κ3) is 3.09. The number of aliphatic hydroxyl groups excluding tert-OH is 1. The van der Waals surface area contributed by atoms with Gasteiger partial charge in [0.05, 0.1) is 17.2 Å². The molecule has 0 aromatic carbocycles. The van der Waals surface area contributed by atoms with E-state index in [1.165, 1.54) is 6.07 Å². The van der Waals surface area contributed by atoms with Crippen molar-refractivity contribution in [2.75, 3.05) is 45.1 Å². The van der Waals surface area contributed by atoms with Gasteiger partial charge in [-0.2, -0.15) is 4.52 Å². The highest BCUT2D eigenvalue weighted by Crippen LogP contribution is 2.23. The number of fused-ring (bicyclic) bond motifs is 1. The predicted molar refractivity (Wildman–Crippen MR) is 85.7 cm³/mol. The van der Waals surface area contributed by atoms with Crippen LogP contribution in [0.2, 0.25) is 0 Å². The van der Waals surface area contributed by atoms with Crippen LogP contribution in [0.1, 0.15) is 5.69 Å². The number of rotatable bonds is 5. The summed E-state index contributed by atoms with van der Waals surface area (Å²) in [6.07, 6.45) is 0. The molecule has 3 heterocycles. The summed E-state index contributed by atoms with van der Waals surface area (Å²) in [4.78, 5) is 31.1. The van der Waals surface area contributed by atoms with Crippen molar-refractivity contribution in [2.24, 2.45) is 0 Å². The molecular formula is C13H19N7O4. The second-order valence-electron chi connectivity index (χ2n) is 5.72. The number of nitrogens with zero attached hydrogens (tertiary/aromatic N) is 5. The molecule has 1 aliphatic heterocycles. The lowest BCUT2D eigenvalue weighted by Gasteiger charge is -2.34. The number of hydrogen-bond donors (Lipinski definition) is 3. The highest BCUT2D eigenvalue weighted by molar-refractivity contribution is 5.71. The van der Waals surface area contributed by atoms with Crippen LogP contribution in [0.15, 0.2) is 10.9 Å². The van der Waals surface area contributed by atoms with Crippen LogP contribution in [0, 0.1) is 10.1 Å². The number of aliphatic hydroxyl groups is 1. The van der Waals surface area contributed by atoms with Crippen LogP contribution in [-0.2, 0) is 6.54 Å². The van der Waals surface area contributed by atoms with Gasteiger partial charge in [-0.15, -0.1) is 0 Å². The maximum Gasteiger partial charge on any atom is 0.354 e. The number of piperazine rings is 1. The maximum absolute atomic E-state index is 12.1. The minimum Gasteiger partial charge on any atom is -0.395 e. The molecule has 4 N–H and O–H groups in total. The first-order valence-electron chi connectivity index (χ1n) is 7.59. The number of nitro groups is 1. The van der Waals surface area contributed by atoms with Crippen molar-refractivity contribution >= 4 is 17.2 Å². The molecule has 1 saturated heterocycles. The third-order valence-corrected chi connectivity index (χ3v) is 4.12. The van der Waals surface area contributed by atoms with Gasteiger partial charge in [0.2, 0.25) is 5.65 Å². The molecule has 0 unspecified atom stereocenters. The van der Waals surface area contributed by atoms with Crippen molar-refractivity contribution in [1.82, 2.24) is 24.4 Å². The molecule has 0 radical (unpaired) electrons. The monoisotopic (exact) mass is 337 g/mol.